The zero-order valence-corrected chi connectivity index (χ0v) is 15.7. The lowest BCUT2D eigenvalue weighted by Gasteiger charge is -2.12. The molecule has 0 fully saturated rings. The number of carbonyl (C=O) groups is 2. The summed E-state index contributed by atoms with van der Waals surface area (Å²) in [7, 11) is 1.58. The highest BCUT2D eigenvalue weighted by Crippen LogP contribution is 2.29. The molecule has 142 valence electrons. The van der Waals surface area contributed by atoms with Crippen molar-refractivity contribution in [1.29, 1.82) is 0 Å². The molecular weight excluding hydrogens is 344 g/mol. The molecule has 2 aromatic carbocycles. The molecule has 0 radical (unpaired) electrons. The van der Waals surface area contributed by atoms with E-state index >= 15 is 0 Å². The Morgan fingerprint density at radius 3 is 2.33 bits per heavy atom. The second-order valence-electron chi connectivity index (χ2n) is 5.55. The van der Waals surface area contributed by atoms with Gasteiger partial charge in [-0.3, -0.25) is 9.59 Å². The van der Waals surface area contributed by atoms with Crippen molar-refractivity contribution < 1.29 is 19.1 Å². The molecular formula is C21H24N2O4. The summed E-state index contributed by atoms with van der Waals surface area (Å²) in [5.74, 6) is 0.795. The minimum absolute atomic E-state index is 0.152. The van der Waals surface area contributed by atoms with Crippen molar-refractivity contribution in [1.82, 2.24) is 5.32 Å². The van der Waals surface area contributed by atoms with Gasteiger partial charge in [0.2, 0.25) is 5.91 Å². The Bertz CT molecular complexity index is 813. The van der Waals surface area contributed by atoms with Crippen LogP contribution in [0.3, 0.4) is 0 Å². The van der Waals surface area contributed by atoms with E-state index in [0.29, 0.717) is 36.0 Å². The third-order valence-corrected chi connectivity index (χ3v) is 3.65. The molecule has 2 aromatic rings. The number of hydrogen-bond donors (Lipinski definition) is 2. The number of amides is 2. The SMILES string of the molecule is CCOc1ccc(OCC)c(NC(=O)/C=C/c2ccc(C(=O)NC)cc2)c1. The summed E-state index contributed by atoms with van der Waals surface area (Å²) in [5.41, 5.74) is 1.92. The molecule has 6 nitrogen and oxygen atoms in total. The lowest BCUT2D eigenvalue weighted by Crippen LogP contribution is -2.17. The molecule has 2 rings (SSSR count). The summed E-state index contributed by atoms with van der Waals surface area (Å²) in [6, 6.07) is 12.3. The normalized spacial score (nSPS) is 10.5. The molecule has 0 aliphatic heterocycles. The van der Waals surface area contributed by atoms with Crippen LogP contribution in [0.2, 0.25) is 0 Å². The van der Waals surface area contributed by atoms with Gasteiger partial charge >= 0.3 is 0 Å². The molecule has 0 heterocycles. The van der Waals surface area contributed by atoms with Crippen molar-refractivity contribution >= 4 is 23.6 Å². The Labute approximate surface area is 159 Å². The fourth-order valence-corrected chi connectivity index (χ4v) is 2.38. The van der Waals surface area contributed by atoms with E-state index in [2.05, 4.69) is 10.6 Å². The smallest absolute Gasteiger partial charge is 0.251 e. The number of anilines is 1. The Morgan fingerprint density at radius 1 is 1.00 bits per heavy atom. The summed E-state index contributed by atoms with van der Waals surface area (Å²) in [5, 5.41) is 5.37. The topological polar surface area (TPSA) is 76.7 Å². The van der Waals surface area contributed by atoms with Crippen molar-refractivity contribution in [3.8, 4) is 11.5 Å². The van der Waals surface area contributed by atoms with E-state index in [1.54, 1.807) is 55.6 Å². The van der Waals surface area contributed by atoms with Crippen LogP contribution in [0, 0.1) is 0 Å². The van der Waals surface area contributed by atoms with E-state index < -0.39 is 0 Å². The van der Waals surface area contributed by atoms with E-state index in [-0.39, 0.29) is 11.8 Å². The van der Waals surface area contributed by atoms with E-state index in [0.717, 1.165) is 5.56 Å². The molecule has 0 saturated heterocycles. The van der Waals surface area contributed by atoms with Crippen molar-refractivity contribution in [2.24, 2.45) is 0 Å². The minimum Gasteiger partial charge on any atom is -0.494 e. The summed E-state index contributed by atoms with van der Waals surface area (Å²) in [4.78, 5) is 23.8. The molecule has 2 N–H and O–H groups in total. The van der Waals surface area contributed by atoms with Crippen LogP contribution < -0.4 is 20.1 Å². The highest BCUT2D eigenvalue weighted by atomic mass is 16.5. The van der Waals surface area contributed by atoms with Gasteiger partial charge in [-0.2, -0.15) is 0 Å². The third-order valence-electron chi connectivity index (χ3n) is 3.65. The van der Waals surface area contributed by atoms with E-state index in [9.17, 15) is 9.59 Å². The molecule has 2 amide bonds. The lowest BCUT2D eigenvalue weighted by atomic mass is 10.1. The molecule has 0 spiro atoms. The molecule has 0 saturated carbocycles. The molecule has 0 aromatic heterocycles. The van der Waals surface area contributed by atoms with Crippen LogP contribution in [0.25, 0.3) is 6.08 Å². The van der Waals surface area contributed by atoms with Gasteiger partial charge in [0.25, 0.3) is 5.91 Å². The van der Waals surface area contributed by atoms with Crippen LogP contribution in [0.1, 0.15) is 29.8 Å². The van der Waals surface area contributed by atoms with Crippen LogP contribution in [0.5, 0.6) is 11.5 Å². The Hall–Kier alpha value is -3.28. The summed E-state index contributed by atoms with van der Waals surface area (Å²) in [6.07, 6.45) is 3.10. The zero-order chi connectivity index (χ0) is 19.6. The fourth-order valence-electron chi connectivity index (χ4n) is 2.38. The maximum atomic E-state index is 12.3. The Balaban J connectivity index is 2.09. The molecule has 0 bridgehead atoms. The lowest BCUT2D eigenvalue weighted by molar-refractivity contribution is -0.111. The summed E-state index contributed by atoms with van der Waals surface area (Å²) < 4.78 is 11.0. The van der Waals surface area contributed by atoms with Crippen molar-refractivity contribution in [3.63, 3.8) is 0 Å². The van der Waals surface area contributed by atoms with Gasteiger partial charge < -0.3 is 20.1 Å². The maximum absolute atomic E-state index is 12.3. The first kappa shape index (κ1) is 20.0. The number of carbonyl (C=O) groups excluding carboxylic acids is 2. The third kappa shape index (κ3) is 5.88. The monoisotopic (exact) mass is 368 g/mol. The molecule has 27 heavy (non-hydrogen) atoms. The van der Waals surface area contributed by atoms with Crippen molar-refractivity contribution in [2.75, 3.05) is 25.6 Å². The standard InChI is InChI=1S/C21H24N2O4/c1-4-26-17-11-12-19(27-5-2)18(14-17)23-20(24)13-8-15-6-9-16(10-7-15)21(25)22-3/h6-14H,4-5H2,1-3H3,(H,22,25)(H,23,24)/b13-8+. The summed E-state index contributed by atoms with van der Waals surface area (Å²) >= 11 is 0. The van der Waals surface area contributed by atoms with Crippen LogP contribution in [0.4, 0.5) is 5.69 Å². The number of benzene rings is 2. The minimum atomic E-state index is -0.292. The van der Waals surface area contributed by atoms with E-state index in [1.807, 2.05) is 13.8 Å². The van der Waals surface area contributed by atoms with Crippen LogP contribution >= 0.6 is 0 Å². The number of ether oxygens (including phenoxy) is 2. The Kier molecular flexibility index (Phi) is 7.43. The molecule has 0 aliphatic rings. The molecule has 0 atom stereocenters. The van der Waals surface area contributed by atoms with Gasteiger partial charge in [-0.25, -0.2) is 0 Å². The van der Waals surface area contributed by atoms with Gasteiger partial charge in [-0.05, 0) is 49.8 Å². The van der Waals surface area contributed by atoms with Gasteiger partial charge in [0.1, 0.15) is 11.5 Å². The van der Waals surface area contributed by atoms with E-state index in [1.165, 1.54) is 6.08 Å². The average molecular weight is 368 g/mol. The van der Waals surface area contributed by atoms with Gasteiger partial charge in [-0.15, -0.1) is 0 Å². The molecule has 0 unspecified atom stereocenters. The van der Waals surface area contributed by atoms with Crippen LogP contribution in [-0.4, -0.2) is 32.1 Å². The van der Waals surface area contributed by atoms with Crippen LogP contribution in [-0.2, 0) is 4.79 Å². The average Bonchev–Trinajstić information content (AvgIpc) is 2.68. The largest absolute Gasteiger partial charge is 0.494 e. The second kappa shape index (κ2) is 10.0. The fraction of sp³-hybridized carbons (Fsp3) is 0.238. The zero-order valence-electron chi connectivity index (χ0n) is 15.7. The Morgan fingerprint density at radius 2 is 1.70 bits per heavy atom. The van der Waals surface area contributed by atoms with Gasteiger partial charge in [0.05, 0.1) is 18.9 Å². The number of hydrogen-bond acceptors (Lipinski definition) is 4. The summed E-state index contributed by atoms with van der Waals surface area (Å²) in [6.45, 7) is 4.80. The van der Waals surface area contributed by atoms with Crippen molar-refractivity contribution in [2.45, 2.75) is 13.8 Å². The van der Waals surface area contributed by atoms with Gasteiger partial charge in [-0.1, -0.05) is 12.1 Å². The predicted octanol–water partition coefficient (Wildman–Crippen LogP) is 3.50. The highest BCUT2D eigenvalue weighted by Gasteiger charge is 2.08. The first-order chi connectivity index (χ1) is 13.1. The second-order valence-corrected chi connectivity index (χ2v) is 5.55. The predicted molar refractivity (Wildman–Crippen MR) is 106 cm³/mol. The first-order valence-electron chi connectivity index (χ1n) is 8.78. The highest BCUT2D eigenvalue weighted by molar-refractivity contribution is 6.03. The number of nitrogens with one attached hydrogen (secondary N) is 2. The van der Waals surface area contributed by atoms with Gasteiger partial charge in [0.15, 0.2) is 0 Å². The quantitative estimate of drug-likeness (QED) is 0.699. The first-order valence-corrected chi connectivity index (χ1v) is 8.78. The maximum Gasteiger partial charge on any atom is 0.251 e. The molecule has 6 heteroatoms. The van der Waals surface area contributed by atoms with Crippen molar-refractivity contribution in [3.05, 3.63) is 59.7 Å². The van der Waals surface area contributed by atoms with Crippen LogP contribution in [0.15, 0.2) is 48.5 Å². The van der Waals surface area contributed by atoms with Gasteiger partial charge in [0, 0.05) is 24.8 Å². The molecule has 0 aliphatic carbocycles. The number of rotatable bonds is 8. The van der Waals surface area contributed by atoms with E-state index in [4.69, 9.17) is 9.47 Å².